The Kier molecular flexibility index (Phi) is 4.84. The van der Waals surface area contributed by atoms with E-state index in [0.717, 1.165) is 12.8 Å². The molecule has 0 heterocycles. The molecule has 0 spiro atoms. The minimum atomic E-state index is -0.661. The Morgan fingerprint density at radius 2 is 2.27 bits per heavy atom. The first-order valence-electron chi connectivity index (χ1n) is 3.92. The monoisotopic (exact) mass is 156 g/mol. The number of hydrogen-bond acceptors (Lipinski definition) is 3. The van der Waals surface area contributed by atoms with Crippen LogP contribution in [0, 0.1) is 11.3 Å². The Hall–Kier alpha value is -0.590. The van der Waals surface area contributed by atoms with Crippen molar-refractivity contribution in [2.75, 3.05) is 13.1 Å². The van der Waals surface area contributed by atoms with Crippen LogP contribution in [0.4, 0.5) is 0 Å². The van der Waals surface area contributed by atoms with Crippen LogP contribution >= 0.6 is 0 Å². The van der Waals surface area contributed by atoms with E-state index in [-0.39, 0.29) is 0 Å². The minimum absolute atomic E-state index is 0.305. The first kappa shape index (κ1) is 10.4. The van der Waals surface area contributed by atoms with E-state index in [1.807, 2.05) is 13.0 Å². The SMILES string of the molecule is CCCC(C)(O)CNCC#N. The number of rotatable bonds is 5. The third-order valence-electron chi connectivity index (χ3n) is 1.50. The Morgan fingerprint density at radius 3 is 2.73 bits per heavy atom. The quantitative estimate of drug-likeness (QED) is 0.454. The van der Waals surface area contributed by atoms with E-state index in [2.05, 4.69) is 5.32 Å². The van der Waals surface area contributed by atoms with Gasteiger partial charge in [-0.05, 0) is 13.3 Å². The highest BCUT2D eigenvalue weighted by Gasteiger charge is 2.17. The molecule has 3 nitrogen and oxygen atoms in total. The summed E-state index contributed by atoms with van der Waals surface area (Å²) < 4.78 is 0. The number of nitrogens with one attached hydrogen (secondary N) is 1. The molecule has 11 heavy (non-hydrogen) atoms. The molecule has 0 amide bonds. The van der Waals surface area contributed by atoms with Crippen LogP contribution in [0.1, 0.15) is 26.7 Å². The fraction of sp³-hybridized carbons (Fsp3) is 0.875. The van der Waals surface area contributed by atoms with Crippen LogP contribution in [0.2, 0.25) is 0 Å². The second-order valence-corrected chi connectivity index (χ2v) is 3.01. The fourth-order valence-electron chi connectivity index (χ4n) is 1.01. The van der Waals surface area contributed by atoms with Crippen molar-refractivity contribution < 1.29 is 5.11 Å². The van der Waals surface area contributed by atoms with Crippen LogP contribution in [-0.4, -0.2) is 23.8 Å². The molecule has 3 heteroatoms. The molecule has 0 radical (unpaired) electrons. The summed E-state index contributed by atoms with van der Waals surface area (Å²) in [6.07, 6.45) is 1.73. The maximum atomic E-state index is 9.57. The Bertz CT molecular complexity index is 138. The fourth-order valence-corrected chi connectivity index (χ4v) is 1.01. The average molecular weight is 156 g/mol. The lowest BCUT2D eigenvalue weighted by Gasteiger charge is -2.22. The van der Waals surface area contributed by atoms with Crippen molar-refractivity contribution in [1.82, 2.24) is 5.32 Å². The summed E-state index contributed by atoms with van der Waals surface area (Å²) in [5, 5.41) is 20.6. The van der Waals surface area contributed by atoms with E-state index in [0.29, 0.717) is 13.1 Å². The molecule has 1 unspecified atom stereocenters. The van der Waals surface area contributed by atoms with Crippen LogP contribution in [0.5, 0.6) is 0 Å². The smallest absolute Gasteiger partial charge is 0.0841 e. The molecule has 0 aromatic carbocycles. The van der Waals surface area contributed by atoms with E-state index in [4.69, 9.17) is 5.26 Å². The summed E-state index contributed by atoms with van der Waals surface area (Å²) in [6.45, 7) is 4.61. The van der Waals surface area contributed by atoms with E-state index in [1.54, 1.807) is 6.92 Å². The third kappa shape index (κ3) is 5.84. The lowest BCUT2D eigenvalue weighted by atomic mass is 10.0. The molecule has 2 N–H and O–H groups in total. The summed E-state index contributed by atoms with van der Waals surface area (Å²) in [5.41, 5.74) is -0.661. The van der Waals surface area contributed by atoms with Gasteiger partial charge in [-0.15, -0.1) is 0 Å². The van der Waals surface area contributed by atoms with Crippen LogP contribution in [-0.2, 0) is 0 Å². The molecule has 0 fully saturated rings. The van der Waals surface area contributed by atoms with E-state index in [1.165, 1.54) is 0 Å². The van der Waals surface area contributed by atoms with Gasteiger partial charge in [0, 0.05) is 6.54 Å². The molecule has 0 aliphatic carbocycles. The molecule has 1 atom stereocenters. The van der Waals surface area contributed by atoms with Gasteiger partial charge >= 0.3 is 0 Å². The van der Waals surface area contributed by atoms with Gasteiger partial charge in [0.25, 0.3) is 0 Å². The van der Waals surface area contributed by atoms with Gasteiger partial charge in [-0.25, -0.2) is 0 Å². The maximum Gasteiger partial charge on any atom is 0.0841 e. The van der Waals surface area contributed by atoms with E-state index >= 15 is 0 Å². The summed E-state index contributed by atoms with van der Waals surface area (Å²) in [6, 6.07) is 1.96. The zero-order valence-electron chi connectivity index (χ0n) is 7.22. The summed E-state index contributed by atoms with van der Waals surface area (Å²) in [4.78, 5) is 0. The number of aliphatic hydroxyl groups is 1. The van der Waals surface area contributed by atoms with Gasteiger partial charge in [0.2, 0.25) is 0 Å². The first-order valence-corrected chi connectivity index (χ1v) is 3.92. The number of nitriles is 1. The van der Waals surface area contributed by atoms with Crippen molar-refractivity contribution in [3.05, 3.63) is 0 Å². The Balaban J connectivity index is 3.48. The van der Waals surface area contributed by atoms with Gasteiger partial charge in [-0.1, -0.05) is 13.3 Å². The zero-order valence-corrected chi connectivity index (χ0v) is 7.22. The van der Waals surface area contributed by atoms with Crippen molar-refractivity contribution in [1.29, 1.82) is 5.26 Å². The second kappa shape index (κ2) is 5.11. The van der Waals surface area contributed by atoms with Gasteiger partial charge in [-0.3, -0.25) is 0 Å². The number of nitrogens with zero attached hydrogens (tertiary/aromatic N) is 1. The van der Waals surface area contributed by atoms with Crippen molar-refractivity contribution >= 4 is 0 Å². The Morgan fingerprint density at radius 1 is 1.64 bits per heavy atom. The summed E-state index contributed by atoms with van der Waals surface area (Å²) in [7, 11) is 0. The zero-order chi connectivity index (χ0) is 8.74. The first-order chi connectivity index (χ1) is 5.12. The molecule has 0 aliphatic rings. The van der Waals surface area contributed by atoms with Crippen molar-refractivity contribution in [2.24, 2.45) is 0 Å². The highest BCUT2D eigenvalue weighted by atomic mass is 16.3. The minimum Gasteiger partial charge on any atom is -0.389 e. The molecule has 0 aromatic heterocycles. The van der Waals surface area contributed by atoms with Gasteiger partial charge in [0.1, 0.15) is 0 Å². The molecule has 0 saturated carbocycles. The number of hydrogen-bond donors (Lipinski definition) is 2. The molecular formula is C8H16N2O. The van der Waals surface area contributed by atoms with E-state index < -0.39 is 5.60 Å². The van der Waals surface area contributed by atoms with Crippen molar-refractivity contribution in [3.63, 3.8) is 0 Å². The molecule has 0 aromatic rings. The standard InChI is InChI=1S/C8H16N2O/c1-3-4-8(2,11)7-10-6-5-9/h10-11H,3-4,6-7H2,1-2H3. The molecule has 0 bridgehead atoms. The predicted octanol–water partition coefficient (Wildman–Crippen LogP) is 0.651. The normalized spacial score (nSPS) is 15.5. The van der Waals surface area contributed by atoms with Crippen LogP contribution in [0.25, 0.3) is 0 Å². The predicted molar refractivity (Wildman–Crippen MR) is 44.0 cm³/mol. The maximum absolute atomic E-state index is 9.57. The molecule has 0 rings (SSSR count). The van der Waals surface area contributed by atoms with Crippen LogP contribution < -0.4 is 5.32 Å². The Labute approximate surface area is 68.0 Å². The van der Waals surface area contributed by atoms with Gasteiger partial charge in [0.05, 0.1) is 18.2 Å². The highest BCUT2D eigenvalue weighted by molar-refractivity contribution is 4.79. The van der Waals surface area contributed by atoms with Gasteiger partial charge in [-0.2, -0.15) is 5.26 Å². The summed E-state index contributed by atoms with van der Waals surface area (Å²) in [5.74, 6) is 0. The topological polar surface area (TPSA) is 56.0 Å². The second-order valence-electron chi connectivity index (χ2n) is 3.01. The lowest BCUT2D eigenvalue weighted by Crippen LogP contribution is -2.37. The highest BCUT2D eigenvalue weighted by Crippen LogP contribution is 2.09. The molecule has 64 valence electrons. The van der Waals surface area contributed by atoms with Crippen LogP contribution in [0.15, 0.2) is 0 Å². The molecular weight excluding hydrogens is 140 g/mol. The van der Waals surface area contributed by atoms with Gasteiger partial charge < -0.3 is 10.4 Å². The summed E-state index contributed by atoms with van der Waals surface area (Å²) >= 11 is 0. The lowest BCUT2D eigenvalue weighted by molar-refractivity contribution is 0.0512. The van der Waals surface area contributed by atoms with Gasteiger partial charge in [0.15, 0.2) is 0 Å². The van der Waals surface area contributed by atoms with Crippen molar-refractivity contribution in [2.45, 2.75) is 32.3 Å². The van der Waals surface area contributed by atoms with Crippen LogP contribution in [0.3, 0.4) is 0 Å². The molecule has 0 aliphatic heterocycles. The largest absolute Gasteiger partial charge is 0.389 e. The molecule has 0 saturated heterocycles. The van der Waals surface area contributed by atoms with E-state index in [9.17, 15) is 5.11 Å². The average Bonchev–Trinajstić information content (AvgIpc) is 1.87. The third-order valence-corrected chi connectivity index (χ3v) is 1.50. The van der Waals surface area contributed by atoms with Crippen molar-refractivity contribution in [3.8, 4) is 6.07 Å².